The maximum Gasteiger partial charge on any atom is 0.303 e. The average Bonchev–Trinajstić information content (AvgIpc) is 3.15. The van der Waals surface area contributed by atoms with Crippen LogP contribution in [0.25, 0.3) is 0 Å². The topological polar surface area (TPSA) is 124 Å². The van der Waals surface area contributed by atoms with Crippen molar-refractivity contribution in [1.29, 1.82) is 0 Å². The number of carbonyl (C=O) groups is 3. The van der Waals surface area contributed by atoms with Crippen LogP contribution in [0.5, 0.6) is 11.6 Å². The average molecular weight is 561 g/mol. The summed E-state index contributed by atoms with van der Waals surface area (Å²) in [6.07, 6.45) is -3.09. The van der Waals surface area contributed by atoms with Crippen molar-refractivity contribution in [1.82, 2.24) is 9.78 Å². The lowest BCUT2D eigenvalue weighted by Gasteiger charge is -2.39. The van der Waals surface area contributed by atoms with E-state index in [4.69, 9.17) is 33.5 Å². The zero-order valence-electron chi connectivity index (χ0n) is 24.5. The van der Waals surface area contributed by atoms with Gasteiger partial charge in [-0.15, -0.1) is 5.10 Å². The quantitative estimate of drug-likeness (QED) is 0.293. The lowest BCUT2D eigenvalue weighted by molar-refractivity contribution is -0.255. The molecule has 1 aliphatic rings. The molecule has 40 heavy (non-hydrogen) atoms. The van der Waals surface area contributed by atoms with Crippen LogP contribution in [-0.2, 0) is 39.8 Å². The molecule has 0 aliphatic carbocycles. The molecule has 1 fully saturated rings. The van der Waals surface area contributed by atoms with E-state index in [-0.39, 0.29) is 25.2 Å². The fourth-order valence-electron chi connectivity index (χ4n) is 4.55. The summed E-state index contributed by atoms with van der Waals surface area (Å²) in [7, 11) is 0. The van der Waals surface area contributed by atoms with Crippen LogP contribution in [0, 0.1) is 6.92 Å². The van der Waals surface area contributed by atoms with Gasteiger partial charge in [-0.2, -0.15) is 0 Å². The minimum absolute atomic E-state index is 0.0416. The van der Waals surface area contributed by atoms with Crippen LogP contribution in [0.1, 0.15) is 77.7 Å². The van der Waals surface area contributed by atoms with E-state index in [9.17, 15) is 14.4 Å². The normalized spacial score (nSPS) is 20.8. The molecule has 1 aromatic carbocycles. The molecule has 1 saturated heterocycles. The first-order valence-electron chi connectivity index (χ1n) is 13.5. The Morgan fingerprint density at radius 2 is 1.65 bits per heavy atom. The van der Waals surface area contributed by atoms with E-state index < -0.39 is 42.5 Å². The van der Waals surface area contributed by atoms with Gasteiger partial charge in [0.2, 0.25) is 18.3 Å². The molecular weight excluding hydrogens is 520 g/mol. The Hall–Kier alpha value is -3.60. The summed E-state index contributed by atoms with van der Waals surface area (Å²) in [5.74, 6) is -0.554. The number of benzene rings is 1. The van der Waals surface area contributed by atoms with Crippen LogP contribution in [-0.4, -0.2) is 65.0 Å². The number of ether oxygens (including phenoxy) is 6. The predicted octanol–water partition coefficient (Wildman–Crippen LogP) is 4.07. The molecule has 4 atom stereocenters. The number of hydrogen-bond donors (Lipinski definition) is 0. The molecule has 0 bridgehead atoms. The van der Waals surface area contributed by atoms with Crippen LogP contribution in [0.2, 0.25) is 0 Å². The van der Waals surface area contributed by atoms with Gasteiger partial charge in [-0.1, -0.05) is 12.1 Å². The van der Waals surface area contributed by atoms with Crippen molar-refractivity contribution in [3.63, 3.8) is 0 Å². The summed E-state index contributed by atoms with van der Waals surface area (Å²) in [4.78, 5) is 35.3. The summed E-state index contributed by atoms with van der Waals surface area (Å²) in [5, 5.41) is 4.71. The second-order valence-corrected chi connectivity index (χ2v) is 10.4. The minimum Gasteiger partial charge on any atom is -0.491 e. The molecule has 0 spiro atoms. The largest absolute Gasteiger partial charge is 0.491 e. The van der Waals surface area contributed by atoms with E-state index in [1.165, 1.54) is 20.8 Å². The Balaban J connectivity index is 1.96. The Morgan fingerprint density at radius 1 is 1.00 bits per heavy atom. The van der Waals surface area contributed by atoms with Crippen molar-refractivity contribution in [2.45, 2.75) is 105 Å². The summed E-state index contributed by atoms with van der Waals surface area (Å²) >= 11 is 0. The third kappa shape index (κ3) is 8.45. The van der Waals surface area contributed by atoms with Gasteiger partial charge in [0.1, 0.15) is 18.5 Å². The molecule has 11 nitrogen and oxygen atoms in total. The van der Waals surface area contributed by atoms with E-state index in [1.54, 1.807) is 0 Å². The zero-order valence-corrected chi connectivity index (χ0v) is 24.5. The van der Waals surface area contributed by atoms with Crippen molar-refractivity contribution >= 4 is 17.9 Å². The van der Waals surface area contributed by atoms with Gasteiger partial charge in [0.15, 0.2) is 0 Å². The Morgan fingerprint density at radius 3 is 2.20 bits per heavy atom. The lowest BCUT2D eigenvalue weighted by Crippen LogP contribution is -2.55. The van der Waals surface area contributed by atoms with E-state index in [2.05, 4.69) is 0 Å². The van der Waals surface area contributed by atoms with Crippen molar-refractivity contribution in [3.05, 3.63) is 41.1 Å². The first-order chi connectivity index (χ1) is 18.8. The van der Waals surface area contributed by atoms with Gasteiger partial charge >= 0.3 is 17.9 Å². The maximum absolute atomic E-state index is 12.0. The molecule has 11 heteroatoms. The van der Waals surface area contributed by atoms with Crippen molar-refractivity contribution < 1.29 is 42.8 Å². The molecule has 1 aliphatic heterocycles. The van der Waals surface area contributed by atoms with Gasteiger partial charge in [0.25, 0.3) is 0 Å². The second-order valence-electron chi connectivity index (χ2n) is 10.4. The van der Waals surface area contributed by atoms with Crippen LogP contribution in [0.4, 0.5) is 0 Å². The highest BCUT2D eigenvalue weighted by Gasteiger charge is 2.45. The number of nitrogens with zero attached hydrogens (tertiary/aromatic N) is 2. The van der Waals surface area contributed by atoms with Crippen LogP contribution in [0.3, 0.4) is 0 Å². The highest BCUT2D eigenvalue weighted by molar-refractivity contribution is 5.67. The first kappa shape index (κ1) is 30.9. The Kier molecular flexibility index (Phi) is 10.6. The van der Waals surface area contributed by atoms with E-state index in [1.807, 2.05) is 63.6 Å². The predicted molar refractivity (Wildman–Crippen MR) is 144 cm³/mol. The molecule has 4 unspecified atom stereocenters. The lowest BCUT2D eigenvalue weighted by atomic mass is 10.0. The third-order valence-electron chi connectivity index (χ3n) is 6.18. The highest BCUT2D eigenvalue weighted by Crippen LogP contribution is 2.32. The third-order valence-corrected chi connectivity index (χ3v) is 6.18. The van der Waals surface area contributed by atoms with Gasteiger partial charge in [-0.05, 0) is 52.3 Å². The van der Waals surface area contributed by atoms with Gasteiger partial charge < -0.3 is 28.4 Å². The van der Waals surface area contributed by atoms with Crippen LogP contribution >= 0.6 is 0 Å². The molecular formula is C29H40N2O9. The molecule has 0 radical (unpaired) electrons. The van der Waals surface area contributed by atoms with Crippen LogP contribution in [0.15, 0.2) is 24.3 Å². The summed E-state index contributed by atoms with van der Waals surface area (Å²) in [6.45, 7) is 13.6. The number of hydrogen-bond acceptors (Lipinski definition) is 10. The molecule has 220 valence electrons. The molecule has 2 aromatic rings. The first-order valence-corrected chi connectivity index (χ1v) is 13.5. The number of rotatable bonds is 11. The molecule has 3 rings (SSSR count). The van der Waals surface area contributed by atoms with Crippen molar-refractivity contribution in [2.24, 2.45) is 0 Å². The fraction of sp³-hybridized carbons (Fsp3) is 0.586. The summed E-state index contributed by atoms with van der Waals surface area (Å²) < 4.78 is 36.2. The molecule has 1 aromatic heterocycles. The van der Waals surface area contributed by atoms with E-state index in [0.29, 0.717) is 12.3 Å². The fourth-order valence-corrected chi connectivity index (χ4v) is 4.55. The van der Waals surface area contributed by atoms with Gasteiger partial charge in [-0.25, -0.2) is 0 Å². The van der Waals surface area contributed by atoms with Crippen molar-refractivity contribution in [3.8, 4) is 11.6 Å². The minimum atomic E-state index is -1.18. The molecule has 0 amide bonds. The monoisotopic (exact) mass is 560 g/mol. The van der Waals surface area contributed by atoms with E-state index >= 15 is 0 Å². The SMILES string of the molecule is CC(=O)OCC1CC(OC(C)=O)C(OC(C)=O)C(Oc2nn(C(C)C)c(C)c2Cc2ccc(OC(C)C)cc2)O1. The van der Waals surface area contributed by atoms with E-state index in [0.717, 1.165) is 22.6 Å². The number of carbonyl (C=O) groups excluding carboxylic acids is 3. The van der Waals surface area contributed by atoms with Gasteiger partial charge in [-0.3, -0.25) is 19.1 Å². The van der Waals surface area contributed by atoms with Gasteiger partial charge in [0.05, 0.1) is 12.2 Å². The Bertz CT molecular complexity index is 1170. The van der Waals surface area contributed by atoms with Gasteiger partial charge in [0, 0.05) is 50.9 Å². The second kappa shape index (κ2) is 13.6. The zero-order chi connectivity index (χ0) is 29.6. The highest BCUT2D eigenvalue weighted by atomic mass is 16.7. The summed E-state index contributed by atoms with van der Waals surface area (Å²) in [5.41, 5.74) is 2.74. The van der Waals surface area contributed by atoms with Crippen molar-refractivity contribution in [2.75, 3.05) is 6.61 Å². The molecule has 0 N–H and O–H groups in total. The summed E-state index contributed by atoms with van der Waals surface area (Å²) in [6, 6.07) is 7.85. The van der Waals surface area contributed by atoms with Crippen LogP contribution < -0.4 is 9.47 Å². The Labute approximate surface area is 235 Å². The maximum atomic E-state index is 12.0. The number of esters is 3. The smallest absolute Gasteiger partial charge is 0.303 e. The standard InChI is InChI=1S/C29H40N2O9/c1-16(2)31-18(5)25(13-22-9-11-23(12-10-22)36-17(3)4)28(30-31)40-29-27(38-21(8)34)26(37-20(7)33)14-24(39-29)15-35-19(6)32/h9-12,16-17,24,26-27,29H,13-15H2,1-8H3. The number of aromatic nitrogens is 2. The molecule has 2 heterocycles. The molecule has 0 saturated carbocycles.